The zero-order chi connectivity index (χ0) is 25.5. The van der Waals surface area contributed by atoms with E-state index in [2.05, 4.69) is 117 Å². The van der Waals surface area contributed by atoms with Crippen LogP contribution in [0.25, 0.3) is 22.5 Å². The molecule has 3 nitrogen and oxygen atoms in total. The maximum atomic E-state index is 5.89. The van der Waals surface area contributed by atoms with Crippen molar-refractivity contribution in [3.8, 4) is 28.3 Å². The van der Waals surface area contributed by atoms with Crippen LogP contribution in [0.2, 0.25) is 0 Å². The third-order valence-electron chi connectivity index (χ3n) is 8.84. The zero-order valence-corrected chi connectivity index (χ0v) is 22.1. The Morgan fingerprint density at radius 3 is 1.57 bits per heavy atom. The Morgan fingerprint density at radius 2 is 1.05 bits per heavy atom. The van der Waals surface area contributed by atoms with Gasteiger partial charge in [-0.3, -0.25) is 0 Å². The van der Waals surface area contributed by atoms with Crippen molar-refractivity contribution in [2.75, 3.05) is 7.11 Å². The number of hydrogen-bond acceptors (Lipinski definition) is 1. The van der Waals surface area contributed by atoms with Crippen LogP contribution in [0.4, 0.5) is 0 Å². The molecule has 0 aliphatic heterocycles. The molecule has 0 amide bonds. The highest BCUT2D eigenvalue weighted by Gasteiger charge is 2.40. The van der Waals surface area contributed by atoms with E-state index in [1.807, 2.05) is 6.07 Å². The third kappa shape index (κ3) is 2.94. The van der Waals surface area contributed by atoms with E-state index in [0.717, 1.165) is 11.3 Å². The first-order valence-corrected chi connectivity index (χ1v) is 13.1. The number of aromatic nitrogens is 2. The molecular weight excluding hydrogens is 452 g/mol. The average Bonchev–Trinajstić information content (AvgIpc) is 3.63. The smallest absolute Gasteiger partial charge is 0.123 e. The number of H-pyrrole nitrogens is 2. The molecule has 5 aromatic rings. The highest BCUT2D eigenvalue weighted by atomic mass is 16.5. The summed E-state index contributed by atoms with van der Waals surface area (Å²) in [6, 6.07) is 30.7. The van der Waals surface area contributed by atoms with Crippen LogP contribution in [0.5, 0.6) is 5.75 Å². The molecule has 2 N–H and O–H groups in total. The van der Waals surface area contributed by atoms with Crippen molar-refractivity contribution in [3.63, 3.8) is 0 Å². The van der Waals surface area contributed by atoms with Crippen LogP contribution < -0.4 is 4.74 Å². The summed E-state index contributed by atoms with van der Waals surface area (Å²) >= 11 is 0. The Bertz CT molecular complexity index is 1580. The zero-order valence-electron chi connectivity index (χ0n) is 22.1. The molecule has 184 valence electrons. The lowest BCUT2D eigenvalue weighted by Crippen LogP contribution is -2.15. The Kier molecular flexibility index (Phi) is 4.52. The van der Waals surface area contributed by atoms with Gasteiger partial charge in [-0.15, -0.1) is 0 Å². The summed E-state index contributed by atoms with van der Waals surface area (Å²) in [6.45, 7) is 9.32. The van der Waals surface area contributed by atoms with Crippen molar-refractivity contribution >= 4 is 0 Å². The number of para-hydroxylation sites is 1. The van der Waals surface area contributed by atoms with Gasteiger partial charge in [0.25, 0.3) is 0 Å². The van der Waals surface area contributed by atoms with Crippen LogP contribution in [0, 0.1) is 0 Å². The van der Waals surface area contributed by atoms with Crippen LogP contribution in [-0.2, 0) is 10.8 Å². The van der Waals surface area contributed by atoms with E-state index in [4.69, 9.17) is 4.74 Å². The molecular formula is C34H32N2O. The van der Waals surface area contributed by atoms with Crippen LogP contribution in [0.1, 0.15) is 72.8 Å². The topological polar surface area (TPSA) is 40.8 Å². The van der Waals surface area contributed by atoms with E-state index in [0.29, 0.717) is 0 Å². The van der Waals surface area contributed by atoms with Crippen molar-refractivity contribution in [2.45, 2.75) is 44.4 Å². The molecule has 0 radical (unpaired) electrons. The van der Waals surface area contributed by atoms with Crippen LogP contribution in [-0.4, -0.2) is 17.1 Å². The van der Waals surface area contributed by atoms with Gasteiger partial charge >= 0.3 is 0 Å². The lowest BCUT2D eigenvalue weighted by Gasteiger charge is -2.23. The second kappa shape index (κ2) is 7.52. The van der Waals surface area contributed by atoms with Gasteiger partial charge in [0.1, 0.15) is 5.75 Å². The summed E-state index contributed by atoms with van der Waals surface area (Å²) in [5.41, 5.74) is 14.0. The first-order chi connectivity index (χ1) is 17.8. The summed E-state index contributed by atoms with van der Waals surface area (Å²) in [5.74, 6) is 0.884. The van der Waals surface area contributed by atoms with Crippen LogP contribution in [0.15, 0.2) is 84.9 Å². The minimum Gasteiger partial charge on any atom is -0.496 e. The number of rotatable bonds is 4. The molecule has 0 saturated carbocycles. The first kappa shape index (κ1) is 22.2. The Morgan fingerprint density at radius 1 is 0.595 bits per heavy atom. The third-order valence-corrected chi connectivity index (χ3v) is 8.84. The molecule has 0 bridgehead atoms. The highest BCUT2D eigenvalue weighted by molar-refractivity contribution is 5.80. The molecule has 2 aromatic heterocycles. The maximum absolute atomic E-state index is 5.89. The lowest BCUT2D eigenvalue weighted by molar-refractivity contribution is 0.408. The number of fused-ring (bicyclic) bond motifs is 6. The van der Waals surface area contributed by atoms with Gasteiger partial charge in [0.05, 0.1) is 24.4 Å². The van der Waals surface area contributed by atoms with Gasteiger partial charge in [-0.25, -0.2) is 0 Å². The summed E-state index contributed by atoms with van der Waals surface area (Å²) in [4.78, 5) is 7.77. The molecule has 2 aliphatic rings. The molecule has 0 fully saturated rings. The van der Waals surface area contributed by atoms with Gasteiger partial charge < -0.3 is 14.7 Å². The van der Waals surface area contributed by atoms with Gasteiger partial charge in [-0.05, 0) is 40.5 Å². The average molecular weight is 485 g/mol. The number of hydrogen-bond donors (Lipinski definition) is 2. The van der Waals surface area contributed by atoms with Gasteiger partial charge in [-0.1, -0.05) is 94.4 Å². The summed E-state index contributed by atoms with van der Waals surface area (Å²) in [5, 5.41) is 0. The monoisotopic (exact) mass is 484 g/mol. The van der Waals surface area contributed by atoms with Gasteiger partial charge in [-0.2, -0.15) is 0 Å². The molecule has 3 aromatic carbocycles. The fraction of sp³-hybridized carbons (Fsp3) is 0.235. The lowest BCUT2D eigenvalue weighted by atomic mass is 9.81. The van der Waals surface area contributed by atoms with Crippen LogP contribution in [0.3, 0.4) is 0 Å². The first-order valence-electron chi connectivity index (χ1n) is 13.1. The highest BCUT2D eigenvalue weighted by Crippen LogP contribution is 2.53. The summed E-state index contributed by atoms with van der Waals surface area (Å²) in [6.07, 6.45) is 0. The Hall–Kier alpha value is -3.98. The second-order valence-corrected chi connectivity index (χ2v) is 11.5. The van der Waals surface area contributed by atoms with E-state index in [1.54, 1.807) is 7.11 Å². The van der Waals surface area contributed by atoms with E-state index in [9.17, 15) is 0 Å². The minimum absolute atomic E-state index is 0.0155. The number of ether oxygens (including phenoxy) is 1. The van der Waals surface area contributed by atoms with E-state index in [-0.39, 0.29) is 16.7 Å². The molecule has 0 atom stereocenters. The summed E-state index contributed by atoms with van der Waals surface area (Å²) < 4.78 is 5.89. The normalized spacial score (nSPS) is 15.8. The Balaban J connectivity index is 1.45. The van der Waals surface area contributed by atoms with Crippen molar-refractivity contribution in [1.82, 2.24) is 9.97 Å². The van der Waals surface area contributed by atoms with Crippen molar-refractivity contribution in [2.24, 2.45) is 0 Å². The molecule has 0 spiro atoms. The number of aromatic amines is 2. The quantitative estimate of drug-likeness (QED) is 0.265. The van der Waals surface area contributed by atoms with Crippen molar-refractivity contribution in [1.29, 1.82) is 0 Å². The largest absolute Gasteiger partial charge is 0.496 e. The van der Waals surface area contributed by atoms with Crippen LogP contribution >= 0.6 is 0 Å². The molecule has 37 heavy (non-hydrogen) atoms. The molecule has 0 saturated heterocycles. The van der Waals surface area contributed by atoms with E-state index >= 15 is 0 Å². The maximum Gasteiger partial charge on any atom is 0.123 e. The molecule has 2 heterocycles. The Labute approximate surface area is 218 Å². The molecule has 0 unspecified atom stereocenters. The number of benzene rings is 3. The minimum atomic E-state index is -0.0512. The second-order valence-electron chi connectivity index (χ2n) is 11.5. The molecule has 3 heteroatoms. The molecule has 7 rings (SSSR count). The predicted molar refractivity (Wildman–Crippen MR) is 151 cm³/mol. The number of nitrogens with one attached hydrogen (secondary N) is 2. The van der Waals surface area contributed by atoms with E-state index in [1.165, 1.54) is 56.2 Å². The van der Waals surface area contributed by atoms with Crippen molar-refractivity contribution < 1.29 is 4.74 Å². The van der Waals surface area contributed by atoms with Gasteiger partial charge in [0.2, 0.25) is 0 Å². The SMILES string of the molecule is COc1ccccc1C(c1cc2c([nH]1)-c1ccccc1C2(C)C)c1cc2c([nH]1)-c1ccccc1C2(C)C. The fourth-order valence-corrected chi connectivity index (χ4v) is 6.86. The standard InChI is InChI=1S/C34H32N2O/c1-33(2)23-15-9-6-12-20(23)31-25(33)18-27(35-31)30(22-14-8-11-17-29(22)37-5)28-19-26-32(36-28)21-13-7-10-16-24(21)34(26,3)4/h6-19,30,35-36H,1-5H3. The fourth-order valence-electron chi connectivity index (χ4n) is 6.86. The van der Waals surface area contributed by atoms with Crippen molar-refractivity contribution in [3.05, 3.63) is 124 Å². The predicted octanol–water partition coefficient (Wildman–Crippen LogP) is 8.14. The van der Waals surface area contributed by atoms with Gasteiger partial charge in [0.15, 0.2) is 0 Å². The van der Waals surface area contributed by atoms with E-state index < -0.39 is 0 Å². The summed E-state index contributed by atoms with van der Waals surface area (Å²) in [7, 11) is 1.76. The molecule has 2 aliphatic carbocycles. The number of methoxy groups -OCH3 is 1. The van der Waals surface area contributed by atoms with Gasteiger partial charge in [0, 0.05) is 38.9 Å².